The highest BCUT2D eigenvalue weighted by atomic mass is 127. The topological polar surface area (TPSA) is 29.9 Å². The molecule has 92 valence electrons. The van der Waals surface area contributed by atoms with Crippen molar-refractivity contribution in [2.75, 3.05) is 6.54 Å². The molecular formula is C12H16IN3S. The summed E-state index contributed by atoms with van der Waals surface area (Å²) < 4.78 is 3.51. The molecule has 1 atom stereocenters. The van der Waals surface area contributed by atoms with Gasteiger partial charge >= 0.3 is 0 Å². The third-order valence-corrected chi connectivity index (χ3v) is 4.48. The van der Waals surface area contributed by atoms with E-state index in [4.69, 9.17) is 0 Å². The number of halogens is 1. The third-order valence-electron chi connectivity index (χ3n) is 2.68. The van der Waals surface area contributed by atoms with Crippen LogP contribution in [0.1, 0.15) is 31.3 Å². The first-order chi connectivity index (χ1) is 8.26. The molecule has 1 unspecified atom stereocenters. The van der Waals surface area contributed by atoms with Crippen molar-refractivity contribution in [3.63, 3.8) is 0 Å². The maximum atomic E-state index is 4.49. The number of aromatic nitrogens is 2. The van der Waals surface area contributed by atoms with Gasteiger partial charge in [0.05, 0.1) is 8.93 Å². The first-order valence-electron chi connectivity index (χ1n) is 5.74. The van der Waals surface area contributed by atoms with Gasteiger partial charge in [-0.3, -0.25) is 0 Å². The zero-order chi connectivity index (χ0) is 12.3. The van der Waals surface area contributed by atoms with Gasteiger partial charge in [0.2, 0.25) is 0 Å². The van der Waals surface area contributed by atoms with Gasteiger partial charge in [0.25, 0.3) is 0 Å². The summed E-state index contributed by atoms with van der Waals surface area (Å²) in [5.41, 5.74) is 1.31. The van der Waals surface area contributed by atoms with Crippen LogP contribution in [0.15, 0.2) is 23.8 Å². The summed E-state index contributed by atoms with van der Waals surface area (Å²) >= 11 is 4.14. The molecule has 0 aromatic carbocycles. The van der Waals surface area contributed by atoms with Crippen LogP contribution in [0.3, 0.4) is 0 Å². The van der Waals surface area contributed by atoms with Gasteiger partial charge < -0.3 is 9.88 Å². The van der Waals surface area contributed by atoms with Crippen LogP contribution in [0.5, 0.6) is 0 Å². The molecule has 0 bridgehead atoms. The number of hydrogen-bond donors (Lipinski definition) is 1. The molecule has 17 heavy (non-hydrogen) atoms. The summed E-state index contributed by atoms with van der Waals surface area (Å²) in [6.45, 7) is 6.17. The molecule has 0 aliphatic carbocycles. The molecule has 3 nitrogen and oxygen atoms in total. The maximum Gasteiger partial charge on any atom is 0.130 e. The number of thiophene rings is 1. The Hall–Kier alpha value is -0.400. The molecular weight excluding hydrogens is 345 g/mol. The Morgan fingerprint density at radius 2 is 2.35 bits per heavy atom. The number of nitrogens with zero attached hydrogens (tertiary/aromatic N) is 2. The monoisotopic (exact) mass is 361 g/mol. The number of hydrogen-bond acceptors (Lipinski definition) is 3. The zero-order valence-electron chi connectivity index (χ0n) is 9.98. The quantitative estimate of drug-likeness (QED) is 0.829. The Morgan fingerprint density at radius 1 is 1.53 bits per heavy atom. The summed E-state index contributed by atoms with van der Waals surface area (Å²) in [7, 11) is 0. The maximum absolute atomic E-state index is 4.49. The Labute approximate surface area is 119 Å². The minimum Gasteiger partial charge on any atom is -0.334 e. The molecule has 0 radical (unpaired) electrons. The molecule has 1 N–H and O–H groups in total. The standard InChI is InChI=1S/C12H16IN3S/c1-3-14-11(9-7-10(13)17-8-9)12-15-5-6-16(12)4-2/h5-8,11,14H,3-4H2,1-2H3. The van der Waals surface area contributed by atoms with E-state index in [1.807, 2.05) is 12.4 Å². The predicted molar refractivity (Wildman–Crippen MR) is 80.5 cm³/mol. The lowest BCUT2D eigenvalue weighted by molar-refractivity contribution is 0.560. The largest absolute Gasteiger partial charge is 0.334 e. The molecule has 2 aromatic rings. The number of rotatable bonds is 5. The summed E-state index contributed by atoms with van der Waals surface area (Å²) in [6.07, 6.45) is 3.91. The van der Waals surface area contributed by atoms with Crippen molar-refractivity contribution in [2.45, 2.75) is 26.4 Å². The Morgan fingerprint density at radius 3 is 2.94 bits per heavy atom. The molecule has 0 spiro atoms. The first-order valence-corrected chi connectivity index (χ1v) is 7.70. The molecule has 0 aliphatic rings. The lowest BCUT2D eigenvalue weighted by Crippen LogP contribution is -2.24. The van der Waals surface area contributed by atoms with E-state index in [0.717, 1.165) is 18.9 Å². The highest BCUT2D eigenvalue weighted by Crippen LogP contribution is 2.26. The molecule has 0 saturated carbocycles. The molecule has 2 heterocycles. The number of imidazole rings is 1. The summed E-state index contributed by atoms with van der Waals surface area (Å²) in [4.78, 5) is 4.49. The van der Waals surface area contributed by atoms with Crippen LogP contribution in [0.2, 0.25) is 0 Å². The van der Waals surface area contributed by atoms with Gasteiger partial charge in [-0.1, -0.05) is 6.92 Å². The summed E-state index contributed by atoms with van der Waals surface area (Å²) in [5.74, 6) is 1.10. The van der Waals surface area contributed by atoms with Crippen LogP contribution >= 0.6 is 33.9 Å². The third kappa shape index (κ3) is 2.89. The van der Waals surface area contributed by atoms with Crippen molar-refractivity contribution in [3.05, 3.63) is 38.1 Å². The van der Waals surface area contributed by atoms with E-state index in [9.17, 15) is 0 Å². The highest BCUT2D eigenvalue weighted by molar-refractivity contribution is 14.1. The smallest absolute Gasteiger partial charge is 0.130 e. The van der Waals surface area contributed by atoms with Gasteiger partial charge in [-0.05, 0) is 53.1 Å². The van der Waals surface area contributed by atoms with E-state index in [1.165, 1.54) is 8.45 Å². The fourth-order valence-corrected chi connectivity index (χ4v) is 3.28. The van der Waals surface area contributed by atoms with Crippen LogP contribution in [-0.4, -0.2) is 16.1 Å². The van der Waals surface area contributed by atoms with Crippen LogP contribution in [-0.2, 0) is 6.54 Å². The van der Waals surface area contributed by atoms with Gasteiger partial charge in [-0.25, -0.2) is 4.98 Å². The average molecular weight is 361 g/mol. The normalized spacial score (nSPS) is 12.9. The number of nitrogens with one attached hydrogen (secondary N) is 1. The number of aryl methyl sites for hydroxylation is 1. The molecule has 5 heteroatoms. The lowest BCUT2D eigenvalue weighted by atomic mass is 10.1. The van der Waals surface area contributed by atoms with E-state index in [-0.39, 0.29) is 6.04 Å². The van der Waals surface area contributed by atoms with Crippen LogP contribution in [0.4, 0.5) is 0 Å². The molecule has 2 rings (SSSR count). The van der Waals surface area contributed by atoms with Crippen molar-refractivity contribution < 1.29 is 0 Å². The molecule has 2 aromatic heterocycles. The first kappa shape index (κ1) is 13.0. The molecule has 0 fully saturated rings. The predicted octanol–water partition coefficient (Wildman–Crippen LogP) is 3.27. The van der Waals surface area contributed by atoms with Crippen LogP contribution in [0, 0.1) is 2.88 Å². The molecule has 0 aliphatic heterocycles. The van der Waals surface area contributed by atoms with Gasteiger partial charge in [-0.2, -0.15) is 0 Å². The van der Waals surface area contributed by atoms with Crippen molar-refractivity contribution in [2.24, 2.45) is 0 Å². The van der Waals surface area contributed by atoms with E-state index in [1.54, 1.807) is 11.3 Å². The highest BCUT2D eigenvalue weighted by Gasteiger charge is 2.18. The van der Waals surface area contributed by atoms with Crippen molar-refractivity contribution in [1.29, 1.82) is 0 Å². The van der Waals surface area contributed by atoms with Crippen LogP contribution in [0.25, 0.3) is 0 Å². The van der Waals surface area contributed by atoms with Crippen molar-refractivity contribution >= 4 is 33.9 Å². The van der Waals surface area contributed by atoms with Gasteiger partial charge in [0, 0.05) is 18.9 Å². The van der Waals surface area contributed by atoms with Crippen LogP contribution < -0.4 is 5.32 Å². The second-order valence-electron chi connectivity index (χ2n) is 3.75. The lowest BCUT2D eigenvalue weighted by Gasteiger charge is -2.17. The Balaban J connectivity index is 2.35. The molecule has 0 amide bonds. The van der Waals surface area contributed by atoms with E-state index >= 15 is 0 Å². The fraction of sp³-hybridized carbons (Fsp3) is 0.417. The second-order valence-corrected chi connectivity index (χ2v) is 6.55. The van der Waals surface area contributed by atoms with Crippen molar-refractivity contribution in [1.82, 2.24) is 14.9 Å². The molecule has 0 saturated heterocycles. The summed E-state index contributed by atoms with van der Waals surface area (Å²) in [5, 5.41) is 5.72. The zero-order valence-corrected chi connectivity index (χ0v) is 13.0. The Bertz CT molecular complexity index is 478. The van der Waals surface area contributed by atoms with E-state index in [0.29, 0.717) is 0 Å². The minimum absolute atomic E-state index is 0.203. The summed E-state index contributed by atoms with van der Waals surface area (Å²) in [6, 6.07) is 2.43. The van der Waals surface area contributed by atoms with Gasteiger partial charge in [-0.15, -0.1) is 11.3 Å². The minimum atomic E-state index is 0.203. The second kappa shape index (κ2) is 5.97. The SMILES string of the molecule is CCNC(c1csc(I)c1)c1nccn1CC. The van der Waals surface area contributed by atoms with Gasteiger partial charge in [0.15, 0.2) is 0 Å². The van der Waals surface area contributed by atoms with E-state index < -0.39 is 0 Å². The Kier molecular flexibility index (Phi) is 4.58. The fourth-order valence-electron chi connectivity index (χ4n) is 1.89. The van der Waals surface area contributed by atoms with Gasteiger partial charge in [0.1, 0.15) is 5.82 Å². The average Bonchev–Trinajstić information content (AvgIpc) is 2.94. The van der Waals surface area contributed by atoms with E-state index in [2.05, 4.69) is 62.8 Å². The van der Waals surface area contributed by atoms with Crippen molar-refractivity contribution in [3.8, 4) is 0 Å².